The molecule has 11 nitrogen and oxygen atoms in total. The molecule has 0 aliphatic rings. The number of hydrogen-bond acceptors (Lipinski definition) is 9. The molecular weight excluding hydrogens is 516 g/mol. The topological polar surface area (TPSA) is 152 Å². The molecule has 0 bridgehead atoms. The lowest BCUT2D eigenvalue weighted by molar-refractivity contribution is -0.169. The molecule has 1 amide bonds. The molecule has 1 heterocycles. The number of carbonyl (C=O) groups is 3. The van der Waals surface area contributed by atoms with Crippen molar-refractivity contribution < 1.29 is 28.6 Å². The fourth-order valence-electron chi connectivity index (χ4n) is 4.22. The number of primary amides is 1. The van der Waals surface area contributed by atoms with Crippen molar-refractivity contribution >= 4 is 28.7 Å². The van der Waals surface area contributed by atoms with Crippen molar-refractivity contribution in [1.29, 1.82) is 0 Å². The first-order chi connectivity index (χ1) is 19.3. The SMILES string of the molecule is CCOC(Cc1ccc(OCCn2c(CC)nc3ccccc3c2=O)cc1)C(=O)OC(=O)[C@H](CCC(N)=O)NC. The first kappa shape index (κ1) is 30.5. The number of para-hydroxylation sites is 1. The number of rotatable bonds is 15. The third-order valence-electron chi connectivity index (χ3n) is 6.33. The molecule has 214 valence electrons. The number of aryl methyl sites for hydroxylation is 1. The Kier molecular flexibility index (Phi) is 11.3. The third kappa shape index (κ3) is 8.20. The molecule has 3 aromatic rings. The van der Waals surface area contributed by atoms with E-state index in [1.54, 1.807) is 41.8 Å². The van der Waals surface area contributed by atoms with Crippen molar-refractivity contribution in [3.05, 3.63) is 70.3 Å². The first-order valence-corrected chi connectivity index (χ1v) is 13.3. The average molecular weight is 553 g/mol. The van der Waals surface area contributed by atoms with Gasteiger partial charge in [-0.05, 0) is 50.2 Å². The highest BCUT2D eigenvalue weighted by atomic mass is 16.6. The van der Waals surface area contributed by atoms with Gasteiger partial charge >= 0.3 is 11.9 Å². The Morgan fingerprint density at radius 3 is 2.42 bits per heavy atom. The minimum absolute atomic E-state index is 0.0201. The van der Waals surface area contributed by atoms with Gasteiger partial charge in [0.15, 0.2) is 6.10 Å². The van der Waals surface area contributed by atoms with Crippen molar-refractivity contribution in [3.63, 3.8) is 0 Å². The van der Waals surface area contributed by atoms with E-state index in [-0.39, 0.29) is 38.0 Å². The highest BCUT2D eigenvalue weighted by Crippen LogP contribution is 2.16. The van der Waals surface area contributed by atoms with Crippen LogP contribution in [0.3, 0.4) is 0 Å². The molecule has 1 aromatic heterocycles. The summed E-state index contributed by atoms with van der Waals surface area (Å²) >= 11 is 0. The number of carbonyl (C=O) groups excluding carboxylic acids is 3. The molecule has 11 heteroatoms. The molecule has 0 saturated carbocycles. The second-order valence-electron chi connectivity index (χ2n) is 9.08. The van der Waals surface area contributed by atoms with Crippen LogP contribution >= 0.6 is 0 Å². The largest absolute Gasteiger partial charge is 0.492 e. The van der Waals surface area contributed by atoms with Gasteiger partial charge in [0.05, 0.1) is 17.4 Å². The predicted molar refractivity (Wildman–Crippen MR) is 149 cm³/mol. The second kappa shape index (κ2) is 14.9. The van der Waals surface area contributed by atoms with Gasteiger partial charge in [-0.3, -0.25) is 14.2 Å². The number of benzene rings is 2. The summed E-state index contributed by atoms with van der Waals surface area (Å²) in [6.07, 6.45) is -0.0940. The minimum atomic E-state index is -0.992. The van der Waals surface area contributed by atoms with E-state index in [0.717, 1.165) is 5.56 Å². The standard InChI is InChI=1S/C29H36N4O7/c1-4-26-32-22-9-7-6-8-21(22)27(35)33(26)16-17-39-20-12-10-19(11-13-20)18-24(38-5-2)29(37)40-28(36)23(31-3)14-15-25(30)34/h6-13,23-24,31H,4-5,14-18H2,1-3H3,(H2,30,34)/t23-,24?/m0/s1. The van der Waals surface area contributed by atoms with Gasteiger partial charge in [0, 0.05) is 25.9 Å². The van der Waals surface area contributed by atoms with Gasteiger partial charge in [-0.15, -0.1) is 0 Å². The van der Waals surface area contributed by atoms with Gasteiger partial charge in [-0.25, -0.2) is 14.6 Å². The van der Waals surface area contributed by atoms with E-state index < -0.39 is 30.0 Å². The molecule has 2 atom stereocenters. The molecule has 0 spiro atoms. The lowest BCUT2D eigenvalue weighted by atomic mass is 10.1. The summed E-state index contributed by atoms with van der Waals surface area (Å²) < 4.78 is 18.1. The number of hydrogen-bond donors (Lipinski definition) is 2. The van der Waals surface area contributed by atoms with Crippen LogP contribution in [0.2, 0.25) is 0 Å². The summed E-state index contributed by atoms with van der Waals surface area (Å²) in [5, 5.41) is 3.29. The van der Waals surface area contributed by atoms with Crippen LogP contribution in [0, 0.1) is 0 Å². The molecule has 0 saturated heterocycles. The Morgan fingerprint density at radius 2 is 1.77 bits per heavy atom. The van der Waals surface area contributed by atoms with Gasteiger partial charge in [0.1, 0.15) is 24.2 Å². The van der Waals surface area contributed by atoms with E-state index in [1.807, 2.05) is 25.1 Å². The number of likely N-dealkylation sites (N-methyl/N-ethyl adjacent to an activating group) is 1. The highest BCUT2D eigenvalue weighted by molar-refractivity contribution is 5.91. The second-order valence-corrected chi connectivity index (χ2v) is 9.08. The fourth-order valence-corrected chi connectivity index (χ4v) is 4.22. The van der Waals surface area contributed by atoms with Crippen LogP contribution in [0.25, 0.3) is 10.9 Å². The zero-order valence-electron chi connectivity index (χ0n) is 23.1. The maximum atomic E-state index is 13.0. The monoisotopic (exact) mass is 552 g/mol. The smallest absolute Gasteiger partial charge is 0.343 e. The number of esters is 2. The molecule has 2 aromatic carbocycles. The lowest BCUT2D eigenvalue weighted by Crippen LogP contribution is -2.40. The Bertz CT molecular complexity index is 1370. The molecule has 0 radical (unpaired) electrons. The number of aromatic nitrogens is 2. The van der Waals surface area contributed by atoms with Crippen molar-refractivity contribution in [2.24, 2.45) is 5.73 Å². The number of nitrogens with two attached hydrogens (primary N) is 1. The predicted octanol–water partition coefficient (Wildman–Crippen LogP) is 1.91. The Balaban J connectivity index is 1.58. The van der Waals surface area contributed by atoms with Gasteiger partial charge in [0.25, 0.3) is 5.56 Å². The van der Waals surface area contributed by atoms with Gasteiger partial charge in [-0.1, -0.05) is 31.2 Å². The van der Waals surface area contributed by atoms with Gasteiger partial charge in [0.2, 0.25) is 5.91 Å². The maximum Gasteiger partial charge on any atom is 0.343 e. The Hall–Kier alpha value is -4.09. The fraction of sp³-hybridized carbons (Fsp3) is 0.414. The van der Waals surface area contributed by atoms with Gasteiger partial charge < -0.3 is 25.3 Å². The van der Waals surface area contributed by atoms with Crippen LogP contribution in [0.5, 0.6) is 5.75 Å². The number of ether oxygens (including phenoxy) is 3. The molecule has 0 aliphatic carbocycles. The van der Waals surface area contributed by atoms with Crippen LogP contribution in [-0.2, 0) is 43.2 Å². The van der Waals surface area contributed by atoms with Crippen LogP contribution in [0.15, 0.2) is 53.3 Å². The van der Waals surface area contributed by atoms with Gasteiger partial charge in [-0.2, -0.15) is 0 Å². The first-order valence-electron chi connectivity index (χ1n) is 13.3. The summed E-state index contributed by atoms with van der Waals surface area (Å²) in [7, 11) is 1.53. The zero-order chi connectivity index (χ0) is 29.1. The summed E-state index contributed by atoms with van der Waals surface area (Å²) in [5.74, 6) is -0.865. The zero-order valence-corrected chi connectivity index (χ0v) is 23.1. The summed E-state index contributed by atoms with van der Waals surface area (Å²) in [6.45, 7) is 4.56. The maximum absolute atomic E-state index is 13.0. The quantitative estimate of drug-likeness (QED) is 0.213. The van der Waals surface area contributed by atoms with Crippen molar-refractivity contribution in [2.75, 3.05) is 20.3 Å². The number of nitrogens with zero attached hydrogens (tertiary/aromatic N) is 2. The summed E-state index contributed by atoms with van der Waals surface area (Å²) in [5.41, 5.74) is 6.50. The summed E-state index contributed by atoms with van der Waals surface area (Å²) in [6, 6.07) is 13.5. The highest BCUT2D eigenvalue weighted by Gasteiger charge is 2.27. The van der Waals surface area contributed by atoms with Crippen LogP contribution in [-0.4, -0.2) is 59.8 Å². The van der Waals surface area contributed by atoms with Crippen molar-refractivity contribution in [2.45, 2.75) is 58.2 Å². The third-order valence-corrected chi connectivity index (χ3v) is 6.33. The molecular formula is C29H36N4O7. The lowest BCUT2D eigenvalue weighted by Gasteiger charge is -2.18. The molecule has 40 heavy (non-hydrogen) atoms. The van der Waals surface area contributed by atoms with E-state index in [1.165, 1.54) is 7.05 Å². The van der Waals surface area contributed by atoms with E-state index in [4.69, 9.17) is 19.9 Å². The number of nitrogens with one attached hydrogen (secondary N) is 1. The number of fused-ring (bicyclic) bond motifs is 1. The molecule has 3 N–H and O–H groups in total. The average Bonchev–Trinajstić information content (AvgIpc) is 2.94. The number of amides is 1. The summed E-state index contributed by atoms with van der Waals surface area (Å²) in [4.78, 5) is 53.6. The van der Waals surface area contributed by atoms with Crippen molar-refractivity contribution in [1.82, 2.24) is 14.9 Å². The minimum Gasteiger partial charge on any atom is -0.492 e. The Labute approximate surface area is 232 Å². The van der Waals surface area contributed by atoms with Crippen LogP contribution < -0.4 is 21.3 Å². The van der Waals surface area contributed by atoms with E-state index in [9.17, 15) is 19.2 Å². The van der Waals surface area contributed by atoms with Crippen molar-refractivity contribution in [3.8, 4) is 5.75 Å². The molecule has 1 unspecified atom stereocenters. The van der Waals surface area contributed by atoms with Crippen LogP contribution in [0.1, 0.15) is 38.1 Å². The van der Waals surface area contributed by atoms with Crippen LogP contribution in [0.4, 0.5) is 0 Å². The van der Waals surface area contributed by atoms with E-state index in [2.05, 4.69) is 10.3 Å². The normalized spacial score (nSPS) is 12.6. The van der Waals surface area contributed by atoms with E-state index in [0.29, 0.717) is 35.4 Å². The molecule has 0 fully saturated rings. The molecule has 0 aliphatic heterocycles. The van der Waals surface area contributed by atoms with E-state index >= 15 is 0 Å². The molecule has 3 rings (SSSR count). The Morgan fingerprint density at radius 1 is 1.05 bits per heavy atom.